The van der Waals surface area contributed by atoms with Crippen LogP contribution in [-0.4, -0.2) is 17.6 Å². The molecule has 1 aliphatic heterocycles. The molecule has 2 aromatic carbocycles. The lowest BCUT2D eigenvalue weighted by Gasteiger charge is -2.10. The van der Waals surface area contributed by atoms with E-state index >= 15 is 0 Å². The molecule has 0 bridgehead atoms. The highest BCUT2D eigenvalue weighted by molar-refractivity contribution is 7.99. The van der Waals surface area contributed by atoms with Crippen molar-refractivity contribution in [2.24, 2.45) is 0 Å². The average Bonchev–Trinajstić information content (AvgIpc) is 2.73. The van der Waals surface area contributed by atoms with Gasteiger partial charge in [-0.05, 0) is 35.9 Å². The minimum absolute atomic E-state index is 0.0354. The fourth-order valence-electron chi connectivity index (χ4n) is 2.30. The lowest BCUT2D eigenvalue weighted by Crippen LogP contribution is -2.23. The summed E-state index contributed by atoms with van der Waals surface area (Å²) in [6.07, 6.45) is 0.468. The van der Waals surface area contributed by atoms with E-state index in [9.17, 15) is 9.59 Å². The summed E-state index contributed by atoms with van der Waals surface area (Å²) in [7, 11) is 0. The zero-order valence-corrected chi connectivity index (χ0v) is 14.9. The predicted molar refractivity (Wildman–Crippen MR) is 98.0 cm³/mol. The van der Waals surface area contributed by atoms with Gasteiger partial charge in [0.05, 0.1) is 5.69 Å². The standard InChI is InChI=1S/C17H14Cl2N2O2S/c18-12-3-1-11(13(19)8-12)9-20-17(23)10-2-4-15-14(7-10)21-16(22)5-6-24-15/h1-4,7-8H,5-6,9H2,(H,20,23)(H,21,22). The molecule has 24 heavy (non-hydrogen) atoms. The van der Waals surface area contributed by atoms with E-state index in [0.29, 0.717) is 34.3 Å². The molecule has 0 aromatic heterocycles. The van der Waals surface area contributed by atoms with Gasteiger partial charge in [0.15, 0.2) is 0 Å². The molecule has 0 unspecified atom stereocenters. The Morgan fingerprint density at radius 2 is 2.04 bits per heavy atom. The van der Waals surface area contributed by atoms with Crippen molar-refractivity contribution in [1.29, 1.82) is 0 Å². The molecule has 0 saturated carbocycles. The average molecular weight is 381 g/mol. The van der Waals surface area contributed by atoms with E-state index in [-0.39, 0.29) is 11.8 Å². The molecule has 2 aromatic rings. The normalized spacial score (nSPS) is 13.7. The van der Waals surface area contributed by atoms with Crippen LogP contribution in [0.5, 0.6) is 0 Å². The molecule has 0 spiro atoms. The lowest BCUT2D eigenvalue weighted by atomic mass is 10.1. The van der Waals surface area contributed by atoms with E-state index in [4.69, 9.17) is 23.2 Å². The van der Waals surface area contributed by atoms with Gasteiger partial charge >= 0.3 is 0 Å². The monoisotopic (exact) mass is 380 g/mol. The summed E-state index contributed by atoms with van der Waals surface area (Å²) in [4.78, 5) is 25.0. The van der Waals surface area contributed by atoms with Crippen molar-refractivity contribution in [2.75, 3.05) is 11.1 Å². The van der Waals surface area contributed by atoms with Gasteiger partial charge in [-0.25, -0.2) is 0 Å². The van der Waals surface area contributed by atoms with Crippen LogP contribution in [0.25, 0.3) is 0 Å². The third-order valence-corrected chi connectivity index (χ3v) is 5.22. The number of hydrogen-bond donors (Lipinski definition) is 2. The highest BCUT2D eigenvalue weighted by Crippen LogP contribution is 2.31. The Hall–Kier alpha value is -1.69. The van der Waals surface area contributed by atoms with Crippen molar-refractivity contribution >= 4 is 52.5 Å². The highest BCUT2D eigenvalue weighted by Gasteiger charge is 2.16. The van der Waals surface area contributed by atoms with Crippen molar-refractivity contribution < 1.29 is 9.59 Å². The number of rotatable bonds is 3. The topological polar surface area (TPSA) is 58.2 Å². The molecule has 124 valence electrons. The van der Waals surface area contributed by atoms with Crippen LogP contribution in [0.4, 0.5) is 5.69 Å². The third-order valence-electron chi connectivity index (χ3n) is 3.56. The van der Waals surface area contributed by atoms with Gasteiger partial charge in [-0.3, -0.25) is 9.59 Å². The fourth-order valence-corrected chi connectivity index (χ4v) is 3.72. The largest absolute Gasteiger partial charge is 0.348 e. The fraction of sp³-hybridized carbons (Fsp3) is 0.176. The van der Waals surface area contributed by atoms with Crippen molar-refractivity contribution in [1.82, 2.24) is 5.32 Å². The van der Waals surface area contributed by atoms with E-state index in [1.54, 1.807) is 42.1 Å². The summed E-state index contributed by atoms with van der Waals surface area (Å²) >= 11 is 13.6. The summed E-state index contributed by atoms with van der Waals surface area (Å²) in [6, 6.07) is 10.4. The molecule has 0 aliphatic carbocycles. The Labute approximate surface area is 153 Å². The van der Waals surface area contributed by atoms with Crippen molar-refractivity contribution in [3.8, 4) is 0 Å². The van der Waals surface area contributed by atoms with E-state index in [2.05, 4.69) is 10.6 Å². The van der Waals surface area contributed by atoms with Crippen LogP contribution in [0, 0.1) is 0 Å². The second-order valence-corrected chi connectivity index (χ2v) is 7.26. The Balaban J connectivity index is 1.72. The molecular formula is C17H14Cl2N2O2S. The molecule has 4 nitrogen and oxygen atoms in total. The number of halogens is 2. The van der Waals surface area contributed by atoms with Crippen LogP contribution < -0.4 is 10.6 Å². The Morgan fingerprint density at radius 3 is 2.83 bits per heavy atom. The first-order chi connectivity index (χ1) is 11.5. The molecule has 0 radical (unpaired) electrons. The van der Waals surface area contributed by atoms with Crippen molar-refractivity contribution in [3.63, 3.8) is 0 Å². The molecule has 2 N–H and O–H groups in total. The van der Waals surface area contributed by atoms with Crippen molar-refractivity contribution in [3.05, 3.63) is 57.6 Å². The number of thioether (sulfide) groups is 1. The second-order valence-electron chi connectivity index (χ2n) is 5.28. The second kappa shape index (κ2) is 7.47. The summed E-state index contributed by atoms with van der Waals surface area (Å²) in [5.74, 6) is 0.471. The maximum Gasteiger partial charge on any atom is 0.251 e. The molecule has 0 saturated heterocycles. The van der Waals surface area contributed by atoms with Gasteiger partial charge in [0.1, 0.15) is 0 Å². The number of fused-ring (bicyclic) bond motifs is 1. The number of carbonyl (C=O) groups excluding carboxylic acids is 2. The molecular weight excluding hydrogens is 367 g/mol. The minimum atomic E-state index is -0.229. The van der Waals surface area contributed by atoms with Crippen LogP contribution in [-0.2, 0) is 11.3 Å². The molecule has 0 fully saturated rings. The van der Waals surface area contributed by atoms with E-state index < -0.39 is 0 Å². The molecule has 0 atom stereocenters. The van der Waals surface area contributed by atoms with Crippen LogP contribution in [0.1, 0.15) is 22.3 Å². The first kappa shape index (κ1) is 17.1. The number of hydrogen-bond acceptors (Lipinski definition) is 3. The van der Waals surface area contributed by atoms with Crippen LogP contribution in [0.2, 0.25) is 10.0 Å². The molecule has 1 heterocycles. The van der Waals surface area contributed by atoms with E-state index in [1.807, 2.05) is 6.07 Å². The maximum absolute atomic E-state index is 12.3. The third kappa shape index (κ3) is 4.04. The number of benzene rings is 2. The van der Waals surface area contributed by atoms with Gasteiger partial charge in [-0.15, -0.1) is 11.8 Å². The van der Waals surface area contributed by atoms with Crippen LogP contribution in [0.3, 0.4) is 0 Å². The number of nitrogens with one attached hydrogen (secondary N) is 2. The Kier molecular flexibility index (Phi) is 5.33. The van der Waals surface area contributed by atoms with Gasteiger partial charge in [-0.1, -0.05) is 29.3 Å². The molecule has 7 heteroatoms. The summed E-state index contributed by atoms with van der Waals surface area (Å²) in [5, 5.41) is 6.71. The Bertz CT molecular complexity index is 811. The molecule has 1 aliphatic rings. The lowest BCUT2D eigenvalue weighted by molar-refractivity contribution is -0.115. The van der Waals surface area contributed by atoms with Gasteiger partial charge in [0.25, 0.3) is 5.91 Å². The highest BCUT2D eigenvalue weighted by atomic mass is 35.5. The van der Waals surface area contributed by atoms with Crippen LogP contribution in [0.15, 0.2) is 41.3 Å². The zero-order chi connectivity index (χ0) is 17.1. The zero-order valence-electron chi connectivity index (χ0n) is 12.6. The van der Waals surface area contributed by atoms with Crippen molar-refractivity contribution in [2.45, 2.75) is 17.9 Å². The number of carbonyl (C=O) groups is 2. The predicted octanol–water partition coefficient (Wildman–Crippen LogP) is 4.36. The van der Waals surface area contributed by atoms with Crippen LogP contribution >= 0.6 is 35.0 Å². The van der Waals surface area contributed by atoms with E-state index in [0.717, 1.165) is 16.2 Å². The molecule has 2 amide bonds. The maximum atomic E-state index is 12.3. The number of amides is 2. The Morgan fingerprint density at radius 1 is 1.21 bits per heavy atom. The first-order valence-corrected chi connectivity index (χ1v) is 9.06. The van der Waals surface area contributed by atoms with Gasteiger partial charge < -0.3 is 10.6 Å². The first-order valence-electron chi connectivity index (χ1n) is 7.32. The quantitative estimate of drug-likeness (QED) is 0.831. The molecule has 3 rings (SSSR count). The SMILES string of the molecule is O=C1CCSc2ccc(C(=O)NCc3ccc(Cl)cc3Cl)cc2N1. The summed E-state index contributed by atoms with van der Waals surface area (Å²) < 4.78 is 0. The minimum Gasteiger partial charge on any atom is -0.348 e. The summed E-state index contributed by atoms with van der Waals surface area (Å²) in [6.45, 7) is 0.299. The van der Waals surface area contributed by atoms with Gasteiger partial charge in [-0.2, -0.15) is 0 Å². The van der Waals surface area contributed by atoms with Gasteiger partial charge in [0.2, 0.25) is 5.91 Å². The smallest absolute Gasteiger partial charge is 0.251 e. The van der Waals surface area contributed by atoms with E-state index in [1.165, 1.54) is 0 Å². The number of anilines is 1. The summed E-state index contributed by atoms with van der Waals surface area (Å²) in [5.41, 5.74) is 1.95. The van der Waals surface area contributed by atoms with Gasteiger partial charge in [0, 0.05) is 39.2 Å².